The number of ether oxygens (including phenoxy) is 2. The number of hydrogen-bond acceptors (Lipinski definition) is 3. The molecule has 1 aliphatic rings. The zero-order valence-corrected chi connectivity index (χ0v) is 10.4. The molecule has 0 spiro atoms. The molecule has 0 amide bonds. The van der Waals surface area contributed by atoms with E-state index in [1.165, 1.54) is 0 Å². The van der Waals surface area contributed by atoms with Gasteiger partial charge in [0.25, 0.3) is 0 Å². The van der Waals surface area contributed by atoms with Gasteiger partial charge in [0.2, 0.25) is 0 Å². The van der Waals surface area contributed by atoms with Crippen LogP contribution in [0.5, 0.6) is 11.5 Å². The van der Waals surface area contributed by atoms with Gasteiger partial charge in [-0.15, -0.1) is 0 Å². The Balaban J connectivity index is 2.51. The van der Waals surface area contributed by atoms with Crippen LogP contribution in [-0.4, -0.2) is 19.8 Å². The summed E-state index contributed by atoms with van der Waals surface area (Å²) in [6.45, 7) is 3.23. The van der Waals surface area contributed by atoms with Gasteiger partial charge in [-0.05, 0) is 24.1 Å². The molecule has 0 radical (unpaired) electrons. The molecule has 1 heterocycles. The van der Waals surface area contributed by atoms with Gasteiger partial charge in [-0.2, -0.15) is 0 Å². The quantitative estimate of drug-likeness (QED) is 0.888. The van der Waals surface area contributed by atoms with Crippen LogP contribution in [0.1, 0.15) is 24.8 Å². The minimum atomic E-state index is -0.464. The first-order chi connectivity index (χ1) is 8.15. The van der Waals surface area contributed by atoms with Gasteiger partial charge in [0.1, 0.15) is 10.8 Å². The largest absolute Gasteiger partial charge is 0.489 e. The van der Waals surface area contributed by atoms with Crippen molar-refractivity contribution < 1.29 is 13.9 Å². The first-order valence-electron chi connectivity index (χ1n) is 5.62. The van der Waals surface area contributed by atoms with Crippen molar-refractivity contribution in [2.75, 3.05) is 19.8 Å². The number of nitrogens with two attached hydrogens (primary N) is 1. The first kappa shape index (κ1) is 12.5. The van der Waals surface area contributed by atoms with Crippen LogP contribution < -0.4 is 15.2 Å². The van der Waals surface area contributed by atoms with Gasteiger partial charge >= 0.3 is 0 Å². The number of hydrogen-bond donors (Lipinski definition) is 1. The highest BCUT2D eigenvalue weighted by Gasteiger charge is 2.23. The van der Waals surface area contributed by atoms with E-state index in [4.69, 9.17) is 26.8 Å². The minimum Gasteiger partial charge on any atom is -0.489 e. The van der Waals surface area contributed by atoms with E-state index in [1.807, 2.05) is 6.92 Å². The topological polar surface area (TPSA) is 44.5 Å². The predicted molar refractivity (Wildman–Crippen MR) is 64.5 cm³/mol. The van der Waals surface area contributed by atoms with E-state index in [9.17, 15) is 4.39 Å². The molecule has 5 heteroatoms. The van der Waals surface area contributed by atoms with Crippen molar-refractivity contribution >= 4 is 11.6 Å². The molecule has 0 bridgehead atoms. The lowest BCUT2D eigenvalue weighted by Gasteiger charge is -2.16. The average Bonchev–Trinajstić information content (AvgIpc) is 2.58. The molecule has 94 valence electrons. The average molecular weight is 260 g/mol. The van der Waals surface area contributed by atoms with Gasteiger partial charge in [-0.25, -0.2) is 4.39 Å². The number of benzene rings is 1. The Morgan fingerprint density at radius 1 is 1.47 bits per heavy atom. The van der Waals surface area contributed by atoms with Gasteiger partial charge in [0.05, 0.1) is 13.2 Å². The van der Waals surface area contributed by atoms with Gasteiger partial charge in [0, 0.05) is 6.42 Å². The molecule has 3 nitrogen and oxygen atoms in total. The number of halogens is 2. The molecule has 0 aliphatic carbocycles. The van der Waals surface area contributed by atoms with Gasteiger partial charge in [0.15, 0.2) is 11.5 Å². The molecule has 0 saturated carbocycles. The molecule has 1 aliphatic heterocycles. The molecular weight excluding hydrogens is 245 g/mol. The summed E-state index contributed by atoms with van der Waals surface area (Å²) < 4.78 is 24.9. The van der Waals surface area contributed by atoms with E-state index in [-0.39, 0.29) is 10.9 Å². The van der Waals surface area contributed by atoms with Crippen LogP contribution in [0.2, 0.25) is 5.02 Å². The van der Waals surface area contributed by atoms with Crippen LogP contribution in [0.15, 0.2) is 6.07 Å². The van der Waals surface area contributed by atoms with Crippen LogP contribution in [0.25, 0.3) is 0 Å². The summed E-state index contributed by atoms with van der Waals surface area (Å²) >= 11 is 5.97. The second kappa shape index (κ2) is 5.10. The van der Waals surface area contributed by atoms with Crippen molar-refractivity contribution in [2.45, 2.75) is 19.3 Å². The molecular formula is C12H15ClFNO2. The van der Waals surface area contributed by atoms with E-state index in [1.54, 1.807) is 6.07 Å². The molecule has 0 aromatic heterocycles. The fourth-order valence-electron chi connectivity index (χ4n) is 1.75. The normalized spacial score (nSPS) is 16.5. The summed E-state index contributed by atoms with van der Waals surface area (Å²) in [5.41, 5.74) is 6.02. The smallest absolute Gasteiger partial charge is 0.182 e. The molecule has 1 unspecified atom stereocenters. The van der Waals surface area contributed by atoms with Crippen LogP contribution >= 0.6 is 11.6 Å². The Morgan fingerprint density at radius 3 is 2.88 bits per heavy atom. The van der Waals surface area contributed by atoms with Crippen LogP contribution in [0.4, 0.5) is 4.39 Å². The molecule has 2 N–H and O–H groups in total. The molecule has 2 rings (SSSR count). The van der Waals surface area contributed by atoms with Crippen LogP contribution in [-0.2, 0) is 0 Å². The van der Waals surface area contributed by atoms with Crippen molar-refractivity contribution in [2.24, 2.45) is 5.73 Å². The number of rotatable bonds is 2. The van der Waals surface area contributed by atoms with Crippen molar-refractivity contribution in [3.63, 3.8) is 0 Å². The Bertz CT molecular complexity index is 425. The van der Waals surface area contributed by atoms with E-state index >= 15 is 0 Å². The highest BCUT2D eigenvalue weighted by atomic mass is 35.5. The third kappa shape index (κ3) is 2.33. The molecule has 1 aromatic rings. The molecule has 17 heavy (non-hydrogen) atoms. The first-order valence-corrected chi connectivity index (χ1v) is 6.00. The van der Waals surface area contributed by atoms with Crippen molar-refractivity contribution in [1.82, 2.24) is 0 Å². The maximum Gasteiger partial charge on any atom is 0.182 e. The maximum atomic E-state index is 14.0. The van der Waals surface area contributed by atoms with Crippen molar-refractivity contribution in [3.8, 4) is 11.5 Å². The summed E-state index contributed by atoms with van der Waals surface area (Å²) in [6, 6.07) is 1.64. The summed E-state index contributed by atoms with van der Waals surface area (Å²) in [5.74, 6) is 0.234. The SMILES string of the molecule is CC(CN)c1cc2c(c(Cl)c1F)OCCCO2. The highest BCUT2D eigenvalue weighted by molar-refractivity contribution is 6.32. The Labute approximate surface area is 105 Å². The molecule has 1 atom stereocenters. The van der Waals surface area contributed by atoms with Gasteiger partial charge in [-0.1, -0.05) is 18.5 Å². The fourth-order valence-corrected chi connectivity index (χ4v) is 2.00. The van der Waals surface area contributed by atoms with Gasteiger partial charge < -0.3 is 15.2 Å². The standard InChI is InChI=1S/C12H15ClFNO2/c1-7(6-15)8-5-9-12(10(13)11(8)14)17-4-2-3-16-9/h5,7H,2-4,6,15H2,1H3. The molecule has 1 aromatic carbocycles. The van der Waals surface area contributed by atoms with E-state index in [0.29, 0.717) is 36.8 Å². The van der Waals surface area contributed by atoms with Crippen molar-refractivity contribution in [3.05, 3.63) is 22.5 Å². The molecule has 0 fully saturated rings. The highest BCUT2D eigenvalue weighted by Crippen LogP contribution is 2.41. The zero-order valence-electron chi connectivity index (χ0n) is 9.63. The fraction of sp³-hybridized carbons (Fsp3) is 0.500. The second-order valence-electron chi connectivity index (χ2n) is 4.11. The third-order valence-electron chi connectivity index (χ3n) is 2.83. The number of fused-ring (bicyclic) bond motifs is 1. The lowest BCUT2D eigenvalue weighted by atomic mass is 10.00. The Kier molecular flexibility index (Phi) is 3.74. The Morgan fingerprint density at radius 2 is 2.18 bits per heavy atom. The van der Waals surface area contributed by atoms with E-state index in [2.05, 4.69) is 0 Å². The summed E-state index contributed by atoms with van der Waals surface area (Å²) in [5, 5.41) is -0.0142. The second-order valence-corrected chi connectivity index (χ2v) is 4.49. The van der Waals surface area contributed by atoms with E-state index in [0.717, 1.165) is 6.42 Å². The predicted octanol–water partition coefficient (Wildman–Crippen LogP) is 2.70. The monoisotopic (exact) mass is 259 g/mol. The summed E-state index contributed by atoms with van der Waals surface area (Å²) in [6.07, 6.45) is 0.758. The lowest BCUT2D eigenvalue weighted by Crippen LogP contribution is -2.11. The summed E-state index contributed by atoms with van der Waals surface area (Å²) in [7, 11) is 0. The summed E-state index contributed by atoms with van der Waals surface area (Å²) in [4.78, 5) is 0. The Hall–Kier alpha value is -1.00. The zero-order chi connectivity index (χ0) is 12.4. The molecule has 0 saturated heterocycles. The third-order valence-corrected chi connectivity index (χ3v) is 3.17. The van der Waals surface area contributed by atoms with Gasteiger partial charge in [-0.3, -0.25) is 0 Å². The maximum absolute atomic E-state index is 14.0. The van der Waals surface area contributed by atoms with E-state index < -0.39 is 5.82 Å². The lowest BCUT2D eigenvalue weighted by molar-refractivity contribution is 0.296. The van der Waals surface area contributed by atoms with Crippen molar-refractivity contribution in [1.29, 1.82) is 0 Å². The van der Waals surface area contributed by atoms with Crippen LogP contribution in [0, 0.1) is 5.82 Å². The minimum absolute atomic E-state index is 0.0142. The van der Waals surface area contributed by atoms with Crippen LogP contribution in [0.3, 0.4) is 0 Å².